The van der Waals surface area contributed by atoms with Crippen LogP contribution in [0, 0.1) is 0 Å². The van der Waals surface area contributed by atoms with Crippen LogP contribution in [0.15, 0.2) is 0 Å². The first-order valence-electron chi connectivity index (χ1n) is 8.11. The minimum Gasteiger partial charge on any atom is -0.323 e. The number of rotatable bonds is 11. The van der Waals surface area contributed by atoms with Gasteiger partial charge < -0.3 is 4.57 Å². The Morgan fingerprint density at radius 1 is 0.778 bits per heavy atom. The van der Waals surface area contributed by atoms with Crippen molar-refractivity contribution in [3.05, 3.63) is 0 Å². The summed E-state index contributed by atoms with van der Waals surface area (Å²) >= 11 is 0. The van der Waals surface area contributed by atoms with Gasteiger partial charge >= 0.3 is 0 Å². The fraction of sp³-hybridized carbons (Fsp3) is 1.00. The molecule has 0 bridgehead atoms. The summed E-state index contributed by atoms with van der Waals surface area (Å²) in [5.74, 6) is 0. The molecule has 0 spiro atoms. The Morgan fingerprint density at radius 2 is 1.22 bits per heavy atom. The fourth-order valence-corrected chi connectivity index (χ4v) is 6.34. The molecule has 0 aromatic carbocycles. The molecule has 1 nitrogen and oxygen atoms in total. The van der Waals surface area contributed by atoms with E-state index in [1.807, 2.05) is 0 Å². The minimum atomic E-state index is -1.96. The molecule has 2 heteroatoms. The summed E-state index contributed by atoms with van der Waals surface area (Å²) in [5.41, 5.74) is 0.839. The highest BCUT2D eigenvalue weighted by Crippen LogP contribution is 2.57. The number of hydrogen-bond acceptors (Lipinski definition) is 1. The van der Waals surface area contributed by atoms with Crippen molar-refractivity contribution >= 4 is 7.14 Å². The summed E-state index contributed by atoms with van der Waals surface area (Å²) in [4.78, 5) is 0. The van der Waals surface area contributed by atoms with Crippen LogP contribution in [-0.4, -0.2) is 17.5 Å². The Morgan fingerprint density at radius 3 is 1.67 bits per heavy atom. The van der Waals surface area contributed by atoms with Crippen molar-refractivity contribution in [1.29, 1.82) is 0 Å². The lowest BCUT2D eigenvalue weighted by molar-refractivity contribution is 0.545. The molecule has 2 atom stereocenters. The van der Waals surface area contributed by atoms with Crippen LogP contribution in [0.25, 0.3) is 0 Å². The van der Waals surface area contributed by atoms with Crippen molar-refractivity contribution in [3.63, 3.8) is 0 Å². The van der Waals surface area contributed by atoms with Crippen molar-refractivity contribution in [1.82, 2.24) is 0 Å². The first-order chi connectivity index (χ1) is 8.52. The normalized spacial score (nSPS) is 18.3. The van der Waals surface area contributed by atoms with E-state index in [0.717, 1.165) is 19.0 Å². The lowest BCUT2D eigenvalue weighted by atomic mass is 10.1. The molecule has 18 heavy (non-hydrogen) atoms. The second-order valence-electron chi connectivity index (χ2n) is 5.86. The van der Waals surface area contributed by atoms with Crippen LogP contribution in [0.3, 0.4) is 0 Å². The summed E-state index contributed by atoms with van der Waals surface area (Å²) in [6.45, 7) is 11.0. The maximum atomic E-state index is 13.2. The van der Waals surface area contributed by atoms with Gasteiger partial charge in [0.25, 0.3) is 0 Å². The second kappa shape index (κ2) is 10.1. The Kier molecular flexibility index (Phi) is 10.2. The summed E-state index contributed by atoms with van der Waals surface area (Å²) in [7, 11) is -1.96. The second-order valence-corrected chi connectivity index (χ2v) is 9.78. The quantitative estimate of drug-likeness (QED) is 0.319. The molecule has 0 saturated heterocycles. The molecule has 0 N–H and O–H groups in total. The summed E-state index contributed by atoms with van der Waals surface area (Å²) in [6, 6.07) is 0. The average molecular weight is 274 g/mol. The zero-order valence-electron chi connectivity index (χ0n) is 13.4. The molecule has 0 saturated carbocycles. The smallest absolute Gasteiger partial charge is 0.0930 e. The standard InChI is InChI=1S/C16H35OP/c1-6-9-10-11-12-13-14-18(17,15(4)7-2)16(5)8-3/h15-16H,6-14H2,1-5H3. The predicted octanol–water partition coefficient (Wildman–Crippen LogP) is 6.31. The van der Waals surface area contributed by atoms with Gasteiger partial charge in [0.2, 0.25) is 0 Å². The van der Waals surface area contributed by atoms with Crippen LogP contribution in [0.5, 0.6) is 0 Å². The monoisotopic (exact) mass is 274 g/mol. The topological polar surface area (TPSA) is 17.1 Å². The van der Waals surface area contributed by atoms with E-state index < -0.39 is 7.14 Å². The maximum absolute atomic E-state index is 13.2. The van der Waals surface area contributed by atoms with Gasteiger partial charge in [-0.2, -0.15) is 0 Å². The van der Waals surface area contributed by atoms with E-state index in [-0.39, 0.29) is 0 Å². The van der Waals surface area contributed by atoms with Gasteiger partial charge in [-0.25, -0.2) is 0 Å². The molecule has 0 heterocycles. The largest absolute Gasteiger partial charge is 0.323 e. The Hall–Kier alpha value is 0.230. The molecule has 0 rings (SSSR count). The molecule has 0 aromatic rings. The van der Waals surface area contributed by atoms with Crippen LogP contribution >= 0.6 is 7.14 Å². The van der Waals surface area contributed by atoms with Gasteiger partial charge in [0.15, 0.2) is 0 Å². The van der Waals surface area contributed by atoms with Crippen molar-refractivity contribution < 1.29 is 4.57 Å². The van der Waals surface area contributed by atoms with Gasteiger partial charge in [0.1, 0.15) is 0 Å². The fourth-order valence-electron chi connectivity index (χ4n) is 2.63. The minimum absolute atomic E-state index is 0.420. The van der Waals surface area contributed by atoms with Crippen LogP contribution in [0.1, 0.15) is 86.0 Å². The summed E-state index contributed by atoms with van der Waals surface area (Å²) in [5, 5.41) is 0. The lowest BCUT2D eigenvalue weighted by Gasteiger charge is -2.29. The van der Waals surface area contributed by atoms with E-state index in [4.69, 9.17) is 0 Å². The van der Waals surface area contributed by atoms with Gasteiger partial charge in [-0.15, -0.1) is 0 Å². The molecular formula is C16H35OP. The Balaban J connectivity index is 4.15. The third-order valence-corrected chi connectivity index (χ3v) is 9.26. The van der Waals surface area contributed by atoms with Crippen molar-refractivity contribution in [3.8, 4) is 0 Å². The van der Waals surface area contributed by atoms with Crippen molar-refractivity contribution in [2.45, 2.75) is 97.3 Å². The highest BCUT2D eigenvalue weighted by molar-refractivity contribution is 7.65. The lowest BCUT2D eigenvalue weighted by Crippen LogP contribution is -2.15. The third kappa shape index (κ3) is 5.91. The van der Waals surface area contributed by atoms with Crippen LogP contribution in [-0.2, 0) is 4.57 Å². The molecule has 0 amide bonds. The zero-order valence-corrected chi connectivity index (χ0v) is 14.3. The van der Waals surface area contributed by atoms with E-state index >= 15 is 0 Å². The number of hydrogen-bond donors (Lipinski definition) is 0. The van der Waals surface area contributed by atoms with Gasteiger partial charge in [-0.05, 0) is 19.3 Å². The first kappa shape index (κ1) is 18.2. The van der Waals surface area contributed by atoms with Crippen LogP contribution < -0.4 is 0 Å². The van der Waals surface area contributed by atoms with E-state index in [1.165, 1.54) is 38.5 Å². The average Bonchev–Trinajstić information content (AvgIpc) is 2.40. The maximum Gasteiger partial charge on any atom is 0.0930 e. The van der Waals surface area contributed by atoms with Gasteiger partial charge in [0.05, 0.1) is 7.14 Å². The summed E-state index contributed by atoms with van der Waals surface area (Å²) < 4.78 is 13.2. The van der Waals surface area contributed by atoms with E-state index in [2.05, 4.69) is 34.6 Å². The van der Waals surface area contributed by atoms with E-state index in [1.54, 1.807) is 0 Å². The molecule has 2 unspecified atom stereocenters. The molecule has 0 aliphatic rings. The predicted molar refractivity (Wildman–Crippen MR) is 85.4 cm³/mol. The van der Waals surface area contributed by atoms with E-state index in [9.17, 15) is 4.57 Å². The van der Waals surface area contributed by atoms with Crippen LogP contribution in [0.4, 0.5) is 0 Å². The molecule has 110 valence electrons. The van der Waals surface area contributed by atoms with Gasteiger partial charge in [0, 0.05) is 17.5 Å². The zero-order chi connectivity index (χ0) is 14.0. The molecular weight excluding hydrogens is 239 g/mol. The van der Waals surface area contributed by atoms with Crippen LogP contribution in [0.2, 0.25) is 0 Å². The molecule has 0 radical (unpaired) electrons. The molecule has 0 aliphatic carbocycles. The number of unbranched alkanes of at least 4 members (excludes halogenated alkanes) is 5. The third-order valence-electron chi connectivity index (χ3n) is 4.53. The molecule has 0 aliphatic heterocycles. The molecule has 0 aromatic heterocycles. The van der Waals surface area contributed by atoms with Crippen molar-refractivity contribution in [2.24, 2.45) is 0 Å². The molecule has 0 fully saturated rings. The van der Waals surface area contributed by atoms with E-state index in [0.29, 0.717) is 11.3 Å². The summed E-state index contributed by atoms with van der Waals surface area (Å²) in [6.07, 6.45) is 10.9. The van der Waals surface area contributed by atoms with Crippen molar-refractivity contribution in [2.75, 3.05) is 6.16 Å². The SMILES string of the molecule is CCCCCCCCP(=O)(C(C)CC)C(C)CC. The van der Waals surface area contributed by atoms with Gasteiger partial charge in [-0.3, -0.25) is 0 Å². The Bertz CT molecular complexity index is 223. The Labute approximate surface area is 116 Å². The highest BCUT2D eigenvalue weighted by atomic mass is 31.2. The van der Waals surface area contributed by atoms with Gasteiger partial charge in [-0.1, -0.05) is 66.7 Å². The highest BCUT2D eigenvalue weighted by Gasteiger charge is 2.32. The first-order valence-corrected chi connectivity index (χ1v) is 10.1.